The first kappa shape index (κ1) is 14.2. The molecule has 19 heavy (non-hydrogen) atoms. The Balaban J connectivity index is 1.62. The molecule has 0 radical (unpaired) electrons. The van der Waals surface area contributed by atoms with Crippen molar-refractivity contribution in [2.75, 3.05) is 20.2 Å². The maximum atomic E-state index is 9.86. The summed E-state index contributed by atoms with van der Waals surface area (Å²) in [5, 5.41) is 12.9. The summed E-state index contributed by atoms with van der Waals surface area (Å²) in [5.74, 6) is 0.767. The zero-order valence-corrected chi connectivity index (χ0v) is 11.7. The molecule has 0 aliphatic carbocycles. The fourth-order valence-corrected chi connectivity index (χ4v) is 2.42. The molecule has 5 nitrogen and oxygen atoms in total. The van der Waals surface area contributed by atoms with Crippen LogP contribution in [0.5, 0.6) is 0 Å². The third kappa shape index (κ3) is 5.12. The Hall–Kier alpha value is -1.21. The topological polar surface area (TPSA) is 58.7 Å². The fraction of sp³-hybridized carbons (Fsp3) is 0.462. The molecule has 0 aromatic carbocycles. The van der Waals surface area contributed by atoms with Gasteiger partial charge in [0, 0.05) is 18.1 Å². The highest BCUT2D eigenvalue weighted by Gasteiger charge is 2.10. The highest BCUT2D eigenvalue weighted by Crippen LogP contribution is 2.07. The first-order valence-electron chi connectivity index (χ1n) is 6.09. The smallest absolute Gasteiger partial charge is 0.129 e. The summed E-state index contributed by atoms with van der Waals surface area (Å²) in [5.41, 5.74) is 0. The lowest BCUT2D eigenvalue weighted by Crippen LogP contribution is -2.31. The number of hydrogen-bond acceptors (Lipinski definition) is 6. The average molecular weight is 282 g/mol. The van der Waals surface area contributed by atoms with Gasteiger partial charge in [0.25, 0.3) is 0 Å². The molecule has 104 valence electrons. The number of furan rings is 1. The quantitative estimate of drug-likeness (QED) is 0.799. The van der Waals surface area contributed by atoms with Gasteiger partial charge in [-0.25, -0.2) is 4.98 Å². The van der Waals surface area contributed by atoms with E-state index in [4.69, 9.17) is 9.15 Å². The number of aliphatic hydroxyl groups is 1. The number of thiazole rings is 1. The lowest BCUT2D eigenvalue weighted by Gasteiger charge is -2.19. The predicted molar refractivity (Wildman–Crippen MR) is 72.8 cm³/mol. The van der Waals surface area contributed by atoms with Crippen LogP contribution in [0.2, 0.25) is 0 Å². The van der Waals surface area contributed by atoms with Gasteiger partial charge in [-0.2, -0.15) is 0 Å². The molecule has 2 rings (SSSR count). The molecule has 0 amide bonds. The summed E-state index contributed by atoms with van der Waals surface area (Å²) >= 11 is 1.62. The number of hydrogen-bond donors (Lipinski definition) is 1. The van der Waals surface area contributed by atoms with Crippen LogP contribution in [0.25, 0.3) is 0 Å². The highest BCUT2D eigenvalue weighted by atomic mass is 32.1. The molecular weight excluding hydrogens is 264 g/mol. The monoisotopic (exact) mass is 282 g/mol. The number of likely N-dealkylation sites (N-methyl/N-ethyl adjacent to an activating group) is 1. The first-order chi connectivity index (χ1) is 9.24. The molecule has 1 N–H and O–H groups in total. The van der Waals surface area contributed by atoms with Gasteiger partial charge in [-0.15, -0.1) is 11.3 Å². The van der Waals surface area contributed by atoms with E-state index in [9.17, 15) is 5.11 Å². The van der Waals surface area contributed by atoms with Gasteiger partial charge in [0.05, 0.1) is 25.5 Å². The van der Waals surface area contributed by atoms with Crippen LogP contribution in [0, 0.1) is 0 Å². The standard InChI is InChI=1S/C13H18N2O3S/c1-15(8-13-14-4-6-19-13)7-11(16)9-17-10-12-3-2-5-18-12/h2-6,11,16H,7-10H2,1H3. The van der Waals surface area contributed by atoms with Gasteiger partial charge in [0.15, 0.2) is 0 Å². The molecule has 6 heteroatoms. The molecular formula is C13H18N2O3S. The zero-order valence-electron chi connectivity index (χ0n) is 10.9. The Labute approximate surface area is 116 Å². The Morgan fingerprint density at radius 3 is 3.16 bits per heavy atom. The van der Waals surface area contributed by atoms with Crippen molar-refractivity contribution in [1.82, 2.24) is 9.88 Å². The normalized spacial score (nSPS) is 13.0. The van der Waals surface area contributed by atoms with Crippen LogP contribution in [0.3, 0.4) is 0 Å². The van der Waals surface area contributed by atoms with Gasteiger partial charge in [0.1, 0.15) is 17.4 Å². The molecule has 0 spiro atoms. The number of ether oxygens (including phenoxy) is 1. The second-order valence-corrected chi connectivity index (χ2v) is 5.35. The third-order valence-corrected chi connectivity index (χ3v) is 3.31. The van der Waals surface area contributed by atoms with Crippen molar-refractivity contribution in [2.45, 2.75) is 19.3 Å². The van der Waals surface area contributed by atoms with E-state index in [0.717, 1.165) is 17.3 Å². The number of aromatic nitrogens is 1. The van der Waals surface area contributed by atoms with Crippen molar-refractivity contribution >= 4 is 11.3 Å². The van der Waals surface area contributed by atoms with E-state index in [0.29, 0.717) is 19.8 Å². The second-order valence-electron chi connectivity index (χ2n) is 4.37. The minimum absolute atomic E-state index is 0.295. The molecule has 1 unspecified atom stereocenters. The average Bonchev–Trinajstić information content (AvgIpc) is 3.01. The van der Waals surface area contributed by atoms with Gasteiger partial charge >= 0.3 is 0 Å². The zero-order chi connectivity index (χ0) is 13.5. The van der Waals surface area contributed by atoms with E-state index in [-0.39, 0.29) is 0 Å². The maximum absolute atomic E-state index is 9.86. The Kier molecular flexibility index (Phi) is 5.53. The van der Waals surface area contributed by atoms with E-state index >= 15 is 0 Å². The van der Waals surface area contributed by atoms with Gasteiger partial charge in [-0.3, -0.25) is 4.90 Å². The van der Waals surface area contributed by atoms with Crippen molar-refractivity contribution in [1.29, 1.82) is 0 Å². The van der Waals surface area contributed by atoms with Crippen molar-refractivity contribution in [3.05, 3.63) is 40.7 Å². The Morgan fingerprint density at radius 1 is 1.58 bits per heavy atom. The van der Waals surface area contributed by atoms with Crippen LogP contribution in [0.1, 0.15) is 10.8 Å². The molecule has 0 saturated heterocycles. The molecule has 0 fully saturated rings. The van der Waals surface area contributed by atoms with Crippen LogP contribution < -0.4 is 0 Å². The van der Waals surface area contributed by atoms with Crippen molar-refractivity contribution in [3.8, 4) is 0 Å². The lowest BCUT2D eigenvalue weighted by atomic mass is 10.3. The molecule has 0 bridgehead atoms. The summed E-state index contributed by atoms with van der Waals surface area (Å²) in [4.78, 5) is 6.24. The Morgan fingerprint density at radius 2 is 2.47 bits per heavy atom. The maximum Gasteiger partial charge on any atom is 0.129 e. The van der Waals surface area contributed by atoms with Crippen LogP contribution in [-0.2, 0) is 17.9 Å². The van der Waals surface area contributed by atoms with Gasteiger partial charge in [-0.05, 0) is 19.2 Å². The summed E-state index contributed by atoms with van der Waals surface area (Å²) in [6, 6.07) is 3.66. The van der Waals surface area contributed by atoms with E-state index < -0.39 is 6.10 Å². The number of aliphatic hydroxyl groups excluding tert-OH is 1. The predicted octanol–water partition coefficient (Wildman–Crippen LogP) is 1.75. The SMILES string of the molecule is CN(Cc1nccs1)CC(O)COCc1ccco1. The van der Waals surface area contributed by atoms with E-state index in [1.165, 1.54) is 0 Å². The molecule has 0 saturated carbocycles. The molecule has 0 aliphatic rings. The van der Waals surface area contributed by atoms with E-state index in [1.807, 2.05) is 29.5 Å². The van der Waals surface area contributed by atoms with Gasteiger partial charge < -0.3 is 14.3 Å². The molecule has 2 aromatic rings. The first-order valence-corrected chi connectivity index (χ1v) is 6.97. The van der Waals surface area contributed by atoms with E-state index in [2.05, 4.69) is 4.98 Å². The van der Waals surface area contributed by atoms with Crippen LogP contribution >= 0.6 is 11.3 Å². The van der Waals surface area contributed by atoms with Crippen LogP contribution in [0.15, 0.2) is 34.4 Å². The summed E-state index contributed by atoms with van der Waals surface area (Å²) < 4.78 is 10.5. The minimum atomic E-state index is -0.514. The lowest BCUT2D eigenvalue weighted by molar-refractivity contribution is 0.00768. The fourth-order valence-electron chi connectivity index (χ4n) is 1.73. The van der Waals surface area contributed by atoms with Gasteiger partial charge in [-0.1, -0.05) is 0 Å². The Bertz CT molecular complexity index is 444. The second kappa shape index (κ2) is 7.40. The number of nitrogens with zero attached hydrogens (tertiary/aromatic N) is 2. The van der Waals surface area contributed by atoms with Crippen molar-refractivity contribution in [2.24, 2.45) is 0 Å². The van der Waals surface area contributed by atoms with Crippen LogP contribution in [0.4, 0.5) is 0 Å². The number of rotatable bonds is 8. The van der Waals surface area contributed by atoms with Crippen molar-refractivity contribution < 1.29 is 14.3 Å². The summed E-state index contributed by atoms with van der Waals surface area (Å²) in [6.45, 7) is 1.98. The largest absolute Gasteiger partial charge is 0.467 e. The molecule has 2 aromatic heterocycles. The van der Waals surface area contributed by atoms with Crippen LogP contribution in [-0.4, -0.2) is 41.3 Å². The summed E-state index contributed by atoms with van der Waals surface area (Å²) in [6.07, 6.45) is 2.88. The molecule has 0 aliphatic heterocycles. The minimum Gasteiger partial charge on any atom is -0.467 e. The van der Waals surface area contributed by atoms with Crippen molar-refractivity contribution in [3.63, 3.8) is 0 Å². The van der Waals surface area contributed by atoms with Gasteiger partial charge in [0.2, 0.25) is 0 Å². The summed E-state index contributed by atoms with van der Waals surface area (Å²) in [7, 11) is 1.96. The molecule has 2 heterocycles. The highest BCUT2D eigenvalue weighted by molar-refractivity contribution is 7.09. The third-order valence-electron chi connectivity index (χ3n) is 2.55. The van der Waals surface area contributed by atoms with E-state index in [1.54, 1.807) is 23.8 Å². The molecule has 1 atom stereocenters.